The normalized spacial score (nSPS) is 13.5. The number of hydrogen-bond donors (Lipinski definition) is 2. The van der Waals surface area contributed by atoms with E-state index in [4.69, 9.17) is 10.5 Å². The average Bonchev–Trinajstić information content (AvgIpc) is 2.32. The summed E-state index contributed by atoms with van der Waals surface area (Å²) in [4.78, 5) is 0.163. The van der Waals surface area contributed by atoms with Crippen LogP contribution in [0.5, 0.6) is 0 Å². The average molecular weight is 286 g/mol. The minimum atomic E-state index is -3.61. The number of nitrogen functional groups attached to an aromatic ring is 1. The van der Waals surface area contributed by atoms with E-state index in [1.54, 1.807) is 13.0 Å². The summed E-state index contributed by atoms with van der Waals surface area (Å²) in [6, 6.07) is 3.43. The van der Waals surface area contributed by atoms with Crippen LogP contribution in [0.2, 0.25) is 0 Å². The van der Waals surface area contributed by atoms with Crippen LogP contribution in [0.4, 0.5) is 5.69 Å². The van der Waals surface area contributed by atoms with Gasteiger partial charge in [-0.1, -0.05) is 6.07 Å². The van der Waals surface area contributed by atoms with E-state index in [0.29, 0.717) is 12.2 Å². The van der Waals surface area contributed by atoms with Crippen LogP contribution in [0.1, 0.15) is 25.0 Å². The van der Waals surface area contributed by atoms with Crippen LogP contribution in [0, 0.1) is 13.8 Å². The van der Waals surface area contributed by atoms with Gasteiger partial charge in [0.1, 0.15) is 4.90 Å². The highest BCUT2D eigenvalue weighted by molar-refractivity contribution is 7.89. The molecule has 19 heavy (non-hydrogen) atoms. The van der Waals surface area contributed by atoms with Gasteiger partial charge in [0, 0.05) is 13.2 Å². The molecule has 0 aromatic heterocycles. The van der Waals surface area contributed by atoms with Crippen molar-refractivity contribution in [2.45, 2.75) is 38.7 Å². The van der Waals surface area contributed by atoms with E-state index in [9.17, 15) is 8.42 Å². The predicted octanol–water partition coefficient (Wildman–Crippen LogP) is 1.59. The monoisotopic (exact) mass is 286 g/mol. The zero-order valence-electron chi connectivity index (χ0n) is 11.9. The lowest BCUT2D eigenvalue weighted by atomic mass is 10.1. The highest BCUT2D eigenvalue weighted by Gasteiger charge is 2.21. The number of benzene rings is 1. The zero-order chi connectivity index (χ0) is 14.6. The summed E-state index contributed by atoms with van der Waals surface area (Å²) in [5.41, 5.74) is 7.63. The van der Waals surface area contributed by atoms with E-state index < -0.39 is 10.0 Å². The summed E-state index contributed by atoms with van der Waals surface area (Å²) in [6.07, 6.45) is -0.175. The summed E-state index contributed by atoms with van der Waals surface area (Å²) in [7, 11) is -3.61. The molecule has 6 heteroatoms. The molecule has 0 bridgehead atoms. The van der Waals surface area contributed by atoms with Gasteiger partial charge in [0.15, 0.2) is 0 Å². The van der Waals surface area contributed by atoms with Crippen LogP contribution in [0.25, 0.3) is 0 Å². The Morgan fingerprint density at radius 1 is 1.37 bits per heavy atom. The Bertz CT molecular complexity index is 541. The maximum Gasteiger partial charge on any atom is 0.242 e. The van der Waals surface area contributed by atoms with Crippen molar-refractivity contribution in [1.29, 1.82) is 0 Å². The Kier molecular flexibility index (Phi) is 5.34. The maximum atomic E-state index is 12.3. The van der Waals surface area contributed by atoms with Crippen LogP contribution < -0.4 is 10.5 Å². The topological polar surface area (TPSA) is 81.4 Å². The maximum absolute atomic E-state index is 12.3. The number of rotatable bonds is 6. The van der Waals surface area contributed by atoms with Crippen molar-refractivity contribution in [3.05, 3.63) is 23.3 Å². The largest absolute Gasteiger partial charge is 0.398 e. The molecule has 1 rings (SSSR count). The molecule has 1 aromatic carbocycles. The third-order valence-electron chi connectivity index (χ3n) is 2.99. The van der Waals surface area contributed by atoms with Crippen molar-refractivity contribution in [2.75, 3.05) is 18.9 Å². The summed E-state index contributed by atoms with van der Waals surface area (Å²) >= 11 is 0. The number of anilines is 1. The van der Waals surface area contributed by atoms with E-state index in [1.807, 2.05) is 26.8 Å². The van der Waals surface area contributed by atoms with Crippen LogP contribution in [-0.4, -0.2) is 27.7 Å². The van der Waals surface area contributed by atoms with Gasteiger partial charge in [-0.15, -0.1) is 0 Å². The summed E-state index contributed by atoms with van der Waals surface area (Å²) in [6.45, 7) is 8.08. The molecule has 108 valence electrons. The van der Waals surface area contributed by atoms with Crippen molar-refractivity contribution >= 4 is 15.7 Å². The van der Waals surface area contributed by atoms with Gasteiger partial charge in [-0.2, -0.15) is 0 Å². The molecule has 0 saturated carbocycles. The lowest BCUT2D eigenvalue weighted by Gasteiger charge is -2.16. The Hall–Kier alpha value is -1.11. The number of hydrogen-bond acceptors (Lipinski definition) is 4. The van der Waals surface area contributed by atoms with Crippen molar-refractivity contribution < 1.29 is 13.2 Å². The van der Waals surface area contributed by atoms with E-state index in [0.717, 1.165) is 5.56 Å². The molecular weight excluding hydrogens is 264 g/mol. The first-order chi connectivity index (χ1) is 8.79. The first-order valence-electron chi connectivity index (χ1n) is 6.26. The first kappa shape index (κ1) is 15.9. The van der Waals surface area contributed by atoms with Crippen LogP contribution in [0.3, 0.4) is 0 Å². The predicted molar refractivity (Wildman–Crippen MR) is 76.6 cm³/mol. The molecule has 0 fully saturated rings. The van der Waals surface area contributed by atoms with E-state index in [2.05, 4.69) is 4.72 Å². The molecule has 1 aromatic rings. The van der Waals surface area contributed by atoms with Crippen molar-refractivity contribution in [2.24, 2.45) is 0 Å². The first-order valence-corrected chi connectivity index (χ1v) is 7.74. The number of ether oxygens (including phenoxy) is 1. The third-order valence-corrected chi connectivity index (χ3v) is 4.61. The van der Waals surface area contributed by atoms with Gasteiger partial charge >= 0.3 is 0 Å². The van der Waals surface area contributed by atoms with Gasteiger partial charge in [-0.05, 0) is 44.9 Å². The second-order valence-electron chi connectivity index (χ2n) is 4.54. The zero-order valence-corrected chi connectivity index (χ0v) is 12.7. The van der Waals surface area contributed by atoms with E-state index in [-0.39, 0.29) is 23.2 Å². The molecule has 0 amide bonds. The van der Waals surface area contributed by atoms with Crippen molar-refractivity contribution in [3.8, 4) is 0 Å². The molecule has 3 N–H and O–H groups in total. The molecular formula is C13H22N2O3S. The molecule has 0 aliphatic rings. The standard InChI is InChI=1S/C13H22N2O3S/c1-5-18-10(3)8-15-19(16,17)13-11(4)9(2)6-7-12(13)14/h6-7,10,15H,5,8,14H2,1-4H3. The number of aryl methyl sites for hydroxylation is 1. The number of nitrogens with two attached hydrogens (primary N) is 1. The fourth-order valence-corrected chi connectivity index (χ4v) is 3.35. The molecule has 0 heterocycles. The van der Waals surface area contributed by atoms with Gasteiger partial charge in [-0.25, -0.2) is 13.1 Å². The molecule has 0 aliphatic carbocycles. The number of sulfonamides is 1. The number of nitrogens with one attached hydrogen (secondary N) is 1. The Morgan fingerprint density at radius 3 is 2.58 bits per heavy atom. The third kappa shape index (κ3) is 3.92. The summed E-state index contributed by atoms with van der Waals surface area (Å²) < 4.78 is 32.4. The lowest BCUT2D eigenvalue weighted by molar-refractivity contribution is 0.0799. The molecule has 0 radical (unpaired) electrons. The molecule has 5 nitrogen and oxygen atoms in total. The van der Waals surface area contributed by atoms with E-state index in [1.165, 1.54) is 0 Å². The summed E-state index contributed by atoms with van der Waals surface area (Å²) in [5.74, 6) is 0. The SMILES string of the molecule is CCOC(C)CNS(=O)(=O)c1c(N)ccc(C)c1C. The smallest absolute Gasteiger partial charge is 0.242 e. The summed E-state index contributed by atoms with van der Waals surface area (Å²) in [5, 5.41) is 0. The molecule has 0 aliphatic heterocycles. The fraction of sp³-hybridized carbons (Fsp3) is 0.538. The Labute approximate surface area is 115 Å². The Balaban J connectivity index is 2.98. The van der Waals surface area contributed by atoms with Crippen LogP contribution >= 0.6 is 0 Å². The molecule has 0 saturated heterocycles. The molecule has 1 atom stereocenters. The Morgan fingerprint density at radius 2 is 2.00 bits per heavy atom. The van der Waals surface area contributed by atoms with Gasteiger partial charge in [-0.3, -0.25) is 0 Å². The highest BCUT2D eigenvalue weighted by atomic mass is 32.2. The second-order valence-corrected chi connectivity index (χ2v) is 6.25. The van der Waals surface area contributed by atoms with Crippen LogP contribution in [0.15, 0.2) is 17.0 Å². The highest BCUT2D eigenvalue weighted by Crippen LogP contribution is 2.24. The van der Waals surface area contributed by atoms with Gasteiger partial charge in [0.05, 0.1) is 11.8 Å². The minimum Gasteiger partial charge on any atom is -0.398 e. The molecule has 1 unspecified atom stereocenters. The molecule has 0 spiro atoms. The minimum absolute atomic E-state index is 0.163. The van der Waals surface area contributed by atoms with Crippen molar-refractivity contribution in [1.82, 2.24) is 4.72 Å². The lowest BCUT2D eigenvalue weighted by Crippen LogP contribution is -2.33. The van der Waals surface area contributed by atoms with Crippen molar-refractivity contribution in [3.63, 3.8) is 0 Å². The fourth-order valence-electron chi connectivity index (χ4n) is 1.81. The second kappa shape index (κ2) is 6.36. The quantitative estimate of drug-likeness (QED) is 0.778. The van der Waals surface area contributed by atoms with Gasteiger partial charge in [0.25, 0.3) is 0 Å². The van der Waals surface area contributed by atoms with Crippen LogP contribution in [-0.2, 0) is 14.8 Å². The van der Waals surface area contributed by atoms with Gasteiger partial charge in [0.2, 0.25) is 10.0 Å². The van der Waals surface area contributed by atoms with E-state index >= 15 is 0 Å². The van der Waals surface area contributed by atoms with Gasteiger partial charge < -0.3 is 10.5 Å².